The summed E-state index contributed by atoms with van der Waals surface area (Å²) in [5.74, 6) is 0.891. The highest BCUT2D eigenvalue weighted by molar-refractivity contribution is 8.01. The zero-order valence-corrected chi connectivity index (χ0v) is 20.2. The van der Waals surface area contributed by atoms with Crippen molar-refractivity contribution in [1.29, 1.82) is 0 Å². The van der Waals surface area contributed by atoms with Crippen LogP contribution in [0.2, 0.25) is 0 Å². The number of sulfone groups is 1. The van der Waals surface area contributed by atoms with E-state index < -0.39 is 15.1 Å². The molecule has 0 atom stereocenters. The van der Waals surface area contributed by atoms with Gasteiger partial charge >= 0.3 is 0 Å². The number of fused-ring (bicyclic) bond motifs is 1. The first-order chi connectivity index (χ1) is 14.5. The van der Waals surface area contributed by atoms with Gasteiger partial charge in [0.1, 0.15) is 5.84 Å². The number of likely N-dealkylation sites (tertiary alicyclic amines) is 1. The second kappa shape index (κ2) is 9.40. The maximum atomic E-state index is 13.5. The third-order valence-electron chi connectivity index (χ3n) is 5.65. The highest BCUT2D eigenvalue weighted by Crippen LogP contribution is 2.38. The van der Waals surface area contributed by atoms with Gasteiger partial charge in [-0.15, -0.1) is 0 Å². The summed E-state index contributed by atoms with van der Waals surface area (Å²) >= 11 is 0. The average Bonchev–Trinajstić information content (AvgIpc) is 2.78. The quantitative estimate of drug-likeness (QED) is 0.658. The molecule has 2 heterocycles. The Morgan fingerprint density at radius 2 is 1.84 bits per heavy atom. The van der Waals surface area contributed by atoms with E-state index in [0.717, 1.165) is 36.6 Å². The van der Waals surface area contributed by atoms with Crippen LogP contribution in [0.15, 0.2) is 35.5 Å². The normalized spacial score (nSPS) is 18.4. The topological polar surface area (TPSA) is 76.5 Å². The van der Waals surface area contributed by atoms with Crippen molar-refractivity contribution in [3.8, 4) is 0 Å². The monoisotopic (exact) mass is 448 g/mol. The number of para-hydroxylation sites is 1. The highest BCUT2D eigenvalue weighted by atomic mass is 32.2. The number of aliphatic imine (C=N–C) groups is 1. The Kier molecular flexibility index (Phi) is 7.25. The predicted octanol–water partition coefficient (Wildman–Crippen LogP) is 2.29. The maximum absolute atomic E-state index is 13.5. The van der Waals surface area contributed by atoms with Gasteiger partial charge in [0.2, 0.25) is 0 Å². The van der Waals surface area contributed by atoms with Crippen LogP contribution in [0, 0.1) is 5.41 Å². The number of nitrogens with zero attached hydrogens (tertiary/aromatic N) is 4. The van der Waals surface area contributed by atoms with Crippen molar-refractivity contribution in [2.75, 3.05) is 58.3 Å². The summed E-state index contributed by atoms with van der Waals surface area (Å²) in [4.78, 5) is 11.3. The van der Waals surface area contributed by atoms with Crippen molar-refractivity contribution in [1.82, 2.24) is 9.80 Å². The van der Waals surface area contributed by atoms with Crippen molar-refractivity contribution < 1.29 is 13.5 Å². The van der Waals surface area contributed by atoms with E-state index in [4.69, 9.17) is 10.1 Å². The zero-order valence-electron chi connectivity index (χ0n) is 19.4. The van der Waals surface area contributed by atoms with Crippen molar-refractivity contribution in [2.45, 2.75) is 32.4 Å². The minimum absolute atomic E-state index is 0.0140. The van der Waals surface area contributed by atoms with Crippen LogP contribution in [-0.4, -0.2) is 87.8 Å². The SMILES string of the molecule is CN(C)CCN1C(CC(C)(C)C)=NC=C(S(=O)(=O)C2CN(CCO)C2)c2ccccc21. The van der Waals surface area contributed by atoms with E-state index >= 15 is 0 Å². The van der Waals surface area contributed by atoms with Crippen LogP contribution in [-0.2, 0) is 9.84 Å². The number of rotatable bonds is 8. The van der Waals surface area contributed by atoms with E-state index in [2.05, 4.69) is 30.6 Å². The molecule has 172 valence electrons. The molecule has 0 aromatic heterocycles. The molecule has 8 heteroatoms. The van der Waals surface area contributed by atoms with Gasteiger partial charge in [-0.2, -0.15) is 0 Å². The number of likely N-dealkylation sites (N-methyl/N-ethyl adjacent to an activating group) is 1. The molecule has 2 aliphatic rings. The lowest BCUT2D eigenvalue weighted by molar-refractivity contribution is 0.142. The molecule has 3 rings (SSSR count). The number of anilines is 1. The van der Waals surface area contributed by atoms with Gasteiger partial charge in [0.05, 0.1) is 22.4 Å². The fraction of sp³-hybridized carbons (Fsp3) is 0.609. The number of aliphatic hydroxyl groups excluding tert-OH is 1. The molecule has 0 saturated carbocycles. The Bertz CT molecular complexity index is 942. The fourth-order valence-corrected chi connectivity index (χ4v) is 5.79. The Morgan fingerprint density at radius 1 is 1.16 bits per heavy atom. The Morgan fingerprint density at radius 3 is 2.45 bits per heavy atom. The summed E-state index contributed by atoms with van der Waals surface area (Å²) < 4.78 is 27.1. The molecule has 1 saturated heterocycles. The molecular weight excluding hydrogens is 412 g/mol. The van der Waals surface area contributed by atoms with Gasteiger partial charge in [0.25, 0.3) is 0 Å². The molecule has 1 N–H and O–H groups in total. The second-order valence-electron chi connectivity index (χ2n) is 9.90. The van der Waals surface area contributed by atoms with Crippen LogP contribution in [0.1, 0.15) is 32.8 Å². The summed E-state index contributed by atoms with van der Waals surface area (Å²) in [6, 6.07) is 7.73. The van der Waals surface area contributed by atoms with Crippen LogP contribution in [0.4, 0.5) is 5.69 Å². The molecule has 1 aromatic carbocycles. The van der Waals surface area contributed by atoms with Crippen LogP contribution < -0.4 is 4.90 Å². The van der Waals surface area contributed by atoms with Crippen molar-refractivity contribution in [3.05, 3.63) is 36.0 Å². The lowest BCUT2D eigenvalue weighted by Crippen LogP contribution is -2.55. The third-order valence-corrected chi connectivity index (χ3v) is 7.76. The first kappa shape index (κ1) is 23.9. The third kappa shape index (κ3) is 5.55. The number of aliphatic hydroxyl groups is 1. The van der Waals surface area contributed by atoms with E-state index in [0.29, 0.717) is 24.5 Å². The highest BCUT2D eigenvalue weighted by Gasteiger charge is 2.41. The van der Waals surface area contributed by atoms with Crippen molar-refractivity contribution >= 4 is 26.3 Å². The largest absolute Gasteiger partial charge is 0.395 e. The molecule has 1 fully saturated rings. The first-order valence-corrected chi connectivity index (χ1v) is 12.4. The molecule has 0 spiro atoms. The number of benzene rings is 1. The molecule has 0 radical (unpaired) electrons. The molecule has 7 nitrogen and oxygen atoms in total. The standard InChI is InChI=1S/C23H36N4O3S/c1-23(2,3)14-22-24-15-21(31(29,30)18-16-26(17-18)12-13-28)19-8-6-7-9-20(19)27(22)11-10-25(4)5/h6-9,15,18,28H,10-14,16-17H2,1-5H3. The van der Waals surface area contributed by atoms with Gasteiger partial charge in [-0.3, -0.25) is 4.90 Å². The Balaban J connectivity index is 2.03. The first-order valence-electron chi connectivity index (χ1n) is 10.9. The van der Waals surface area contributed by atoms with Gasteiger partial charge in [-0.25, -0.2) is 13.4 Å². The van der Waals surface area contributed by atoms with Gasteiger partial charge in [-0.05, 0) is 25.6 Å². The van der Waals surface area contributed by atoms with Crippen LogP contribution in [0.5, 0.6) is 0 Å². The predicted molar refractivity (Wildman–Crippen MR) is 128 cm³/mol. The molecule has 0 unspecified atom stereocenters. The number of hydrogen-bond donors (Lipinski definition) is 1. The summed E-state index contributed by atoms with van der Waals surface area (Å²) in [6.45, 7) is 9.52. The van der Waals surface area contributed by atoms with E-state index in [1.54, 1.807) is 6.20 Å². The van der Waals surface area contributed by atoms with E-state index in [-0.39, 0.29) is 12.0 Å². The van der Waals surface area contributed by atoms with E-state index in [1.165, 1.54) is 0 Å². The maximum Gasteiger partial charge on any atom is 0.185 e. The van der Waals surface area contributed by atoms with E-state index in [1.807, 2.05) is 43.3 Å². The smallest absolute Gasteiger partial charge is 0.185 e. The Hall–Kier alpha value is -1.74. The minimum Gasteiger partial charge on any atom is -0.395 e. The van der Waals surface area contributed by atoms with Crippen molar-refractivity contribution in [2.24, 2.45) is 10.4 Å². The lowest BCUT2D eigenvalue weighted by atomic mass is 9.91. The molecule has 1 aromatic rings. The van der Waals surface area contributed by atoms with Gasteiger partial charge in [0.15, 0.2) is 9.84 Å². The second-order valence-corrected chi connectivity index (χ2v) is 12.1. The summed E-state index contributed by atoms with van der Waals surface area (Å²) in [7, 11) is 0.528. The zero-order chi connectivity index (χ0) is 22.8. The van der Waals surface area contributed by atoms with Crippen molar-refractivity contribution in [3.63, 3.8) is 0 Å². The number of amidine groups is 1. The van der Waals surface area contributed by atoms with Crippen LogP contribution in [0.25, 0.3) is 4.91 Å². The minimum atomic E-state index is -3.54. The van der Waals surface area contributed by atoms with Crippen LogP contribution in [0.3, 0.4) is 0 Å². The number of hydrogen-bond acceptors (Lipinski definition) is 7. The lowest BCUT2D eigenvalue weighted by Gasteiger charge is -2.38. The van der Waals surface area contributed by atoms with Crippen LogP contribution >= 0.6 is 0 Å². The summed E-state index contributed by atoms with van der Waals surface area (Å²) in [6.07, 6.45) is 2.31. The van der Waals surface area contributed by atoms with Gasteiger partial charge in [0, 0.05) is 50.9 Å². The molecule has 0 amide bonds. The molecule has 0 bridgehead atoms. The van der Waals surface area contributed by atoms with Gasteiger partial charge in [-0.1, -0.05) is 39.0 Å². The molecule has 0 aliphatic carbocycles. The molecular formula is C23H36N4O3S. The Labute approximate surface area is 187 Å². The summed E-state index contributed by atoms with van der Waals surface area (Å²) in [5.41, 5.74) is 1.63. The van der Waals surface area contributed by atoms with Gasteiger partial charge < -0.3 is 14.9 Å². The van der Waals surface area contributed by atoms with E-state index in [9.17, 15) is 8.42 Å². The summed E-state index contributed by atoms with van der Waals surface area (Å²) in [5, 5.41) is 8.65. The fourth-order valence-electron chi connectivity index (χ4n) is 3.94. The molecule has 31 heavy (non-hydrogen) atoms. The average molecular weight is 449 g/mol. The molecule has 2 aliphatic heterocycles. The number of β-amino-alcohol motifs (C(OH)–C–C–N with tert-alkyl or cyclic N) is 1.